The van der Waals surface area contributed by atoms with E-state index in [1.165, 1.54) is 31.2 Å². The maximum Gasteiger partial charge on any atom is 0.225 e. The normalized spacial score (nSPS) is 15.7. The number of carbonyl (C=O) groups is 1. The minimum absolute atomic E-state index is 0.0649. The molecule has 104 valence electrons. The van der Waals surface area contributed by atoms with Crippen LogP contribution in [0.25, 0.3) is 0 Å². The lowest BCUT2D eigenvalue weighted by Gasteiger charge is -2.12. The highest BCUT2D eigenvalue weighted by Gasteiger charge is 2.14. The van der Waals surface area contributed by atoms with E-state index >= 15 is 0 Å². The monoisotopic (exact) mass is 324 g/mol. The number of anilines is 1. The zero-order valence-corrected chi connectivity index (χ0v) is 12.9. The van der Waals surface area contributed by atoms with E-state index in [9.17, 15) is 4.79 Å². The number of halogens is 1. The summed E-state index contributed by atoms with van der Waals surface area (Å²) >= 11 is 3.47. The van der Waals surface area contributed by atoms with Crippen LogP contribution < -0.4 is 10.6 Å². The average Bonchev–Trinajstić information content (AvgIpc) is 2.86. The summed E-state index contributed by atoms with van der Waals surface area (Å²) in [5, 5.41) is 6.39. The lowest BCUT2D eigenvalue weighted by Crippen LogP contribution is -2.29. The molecule has 0 aliphatic heterocycles. The van der Waals surface area contributed by atoms with Gasteiger partial charge in [0, 0.05) is 23.5 Å². The Hall–Kier alpha value is -0.870. The van der Waals surface area contributed by atoms with Crippen LogP contribution in [0.4, 0.5) is 5.69 Å². The second-order valence-electron chi connectivity index (χ2n) is 5.22. The Bertz CT molecular complexity index is 442. The third-order valence-electron chi connectivity index (χ3n) is 3.54. The lowest BCUT2D eigenvalue weighted by atomic mass is 10.2. The molecule has 1 aliphatic carbocycles. The van der Waals surface area contributed by atoms with Crippen molar-refractivity contribution >= 4 is 27.5 Å². The summed E-state index contributed by atoms with van der Waals surface area (Å²) in [4.78, 5) is 11.9. The molecule has 1 aromatic carbocycles. The van der Waals surface area contributed by atoms with Crippen molar-refractivity contribution in [2.45, 2.75) is 45.1 Å². The molecule has 0 saturated heterocycles. The molecule has 0 spiro atoms. The van der Waals surface area contributed by atoms with Crippen LogP contribution in [-0.2, 0) is 4.79 Å². The largest absolute Gasteiger partial charge is 0.325 e. The van der Waals surface area contributed by atoms with Crippen LogP contribution in [0, 0.1) is 6.92 Å². The molecule has 0 aromatic heterocycles. The molecular formula is C15H21BrN2O. The fourth-order valence-corrected chi connectivity index (χ4v) is 3.05. The molecule has 3 nitrogen and oxygen atoms in total. The topological polar surface area (TPSA) is 41.1 Å². The molecule has 1 aromatic rings. The maximum atomic E-state index is 11.9. The minimum Gasteiger partial charge on any atom is -0.325 e. The first-order valence-electron chi connectivity index (χ1n) is 6.94. The Morgan fingerprint density at radius 2 is 2.11 bits per heavy atom. The fraction of sp³-hybridized carbons (Fsp3) is 0.533. The van der Waals surface area contributed by atoms with Gasteiger partial charge in [0.05, 0.1) is 5.69 Å². The number of rotatable bonds is 5. The first kappa shape index (κ1) is 14.5. The van der Waals surface area contributed by atoms with Crippen LogP contribution >= 0.6 is 15.9 Å². The van der Waals surface area contributed by atoms with Gasteiger partial charge in [-0.15, -0.1) is 0 Å². The number of nitrogens with one attached hydrogen (secondary N) is 2. The number of benzene rings is 1. The van der Waals surface area contributed by atoms with Gasteiger partial charge in [0.2, 0.25) is 5.91 Å². The third kappa shape index (κ3) is 4.62. The van der Waals surface area contributed by atoms with Gasteiger partial charge in [0.25, 0.3) is 0 Å². The van der Waals surface area contributed by atoms with Crippen molar-refractivity contribution in [1.82, 2.24) is 5.32 Å². The first-order valence-corrected chi connectivity index (χ1v) is 7.74. The number of carbonyl (C=O) groups excluding carboxylic acids is 1. The van der Waals surface area contributed by atoms with E-state index in [-0.39, 0.29) is 5.91 Å². The van der Waals surface area contributed by atoms with Gasteiger partial charge in [-0.3, -0.25) is 4.79 Å². The number of hydrogen-bond acceptors (Lipinski definition) is 2. The van der Waals surface area contributed by atoms with Gasteiger partial charge < -0.3 is 10.6 Å². The highest BCUT2D eigenvalue weighted by molar-refractivity contribution is 9.10. The SMILES string of the molecule is Cc1ccc(NC(=O)CCNC2CCCC2)c(Br)c1. The van der Waals surface area contributed by atoms with E-state index in [1.54, 1.807) is 0 Å². The van der Waals surface area contributed by atoms with Crippen molar-refractivity contribution in [3.05, 3.63) is 28.2 Å². The Labute approximate surface area is 123 Å². The second-order valence-corrected chi connectivity index (χ2v) is 6.07. The summed E-state index contributed by atoms with van der Waals surface area (Å²) in [6.07, 6.45) is 5.67. The quantitative estimate of drug-likeness (QED) is 0.868. The molecular weight excluding hydrogens is 304 g/mol. The molecule has 0 radical (unpaired) electrons. The van der Waals surface area contributed by atoms with Crippen molar-refractivity contribution < 1.29 is 4.79 Å². The van der Waals surface area contributed by atoms with Crippen LogP contribution in [0.5, 0.6) is 0 Å². The van der Waals surface area contributed by atoms with Crippen LogP contribution in [0.3, 0.4) is 0 Å². The maximum absolute atomic E-state index is 11.9. The van der Waals surface area contributed by atoms with Gasteiger partial charge in [0.1, 0.15) is 0 Å². The van der Waals surface area contributed by atoms with E-state index in [1.807, 2.05) is 25.1 Å². The third-order valence-corrected chi connectivity index (χ3v) is 4.20. The van der Waals surface area contributed by atoms with Gasteiger partial charge >= 0.3 is 0 Å². The van der Waals surface area contributed by atoms with Gasteiger partial charge in [-0.25, -0.2) is 0 Å². The Morgan fingerprint density at radius 3 is 2.79 bits per heavy atom. The summed E-state index contributed by atoms with van der Waals surface area (Å²) in [6, 6.07) is 6.56. The molecule has 19 heavy (non-hydrogen) atoms. The fourth-order valence-electron chi connectivity index (χ4n) is 2.45. The van der Waals surface area contributed by atoms with Gasteiger partial charge in [-0.1, -0.05) is 18.9 Å². The van der Waals surface area contributed by atoms with E-state index in [0.717, 1.165) is 16.7 Å². The van der Waals surface area contributed by atoms with Crippen LogP contribution in [0.2, 0.25) is 0 Å². The van der Waals surface area contributed by atoms with E-state index in [4.69, 9.17) is 0 Å². The molecule has 1 amide bonds. The molecule has 0 atom stereocenters. The molecule has 0 heterocycles. The van der Waals surface area contributed by atoms with Crippen molar-refractivity contribution in [2.24, 2.45) is 0 Å². The summed E-state index contributed by atoms with van der Waals surface area (Å²) < 4.78 is 0.935. The van der Waals surface area contributed by atoms with Gasteiger partial charge in [0.15, 0.2) is 0 Å². The van der Waals surface area contributed by atoms with Crippen molar-refractivity contribution in [1.29, 1.82) is 0 Å². The molecule has 1 saturated carbocycles. The molecule has 0 unspecified atom stereocenters. The second kappa shape index (κ2) is 7.06. The zero-order valence-electron chi connectivity index (χ0n) is 11.3. The minimum atomic E-state index is 0.0649. The Morgan fingerprint density at radius 1 is 1.37 bits per heavy atom. The van der Waals surface area contributed by atoms with Crippen molar-refractivity contribution in [3.8, 4) is 0 Å². The van der Waals surface area contributed by atoms with Crippen LogP contribution in [-0.4, -0.2) is 18.5 Å². The van der Waals surface area contributed by atoms with Crippen LogP contribution in [0.15, 0.2) is 22.7 Å². The summed E-state index contributed by atoms with van der Waals surface area (Å²) in [7, 11) is 0. The highest BCUT2D eigenvalue weighted by Crippen LogP contribution is 2.23. The molecule has 1 fully saturated rings. The number of hydrogen-bond donors (Lipinski definition) is 2. The first-order chi connectivity index (χ1) is 9.15. The Kier molecular flexibility index (Phi) is 5.40. The molecule has 2 rings (SSSR count). The molecule has 0 bridgehead atoms. The summed E-state index contributed by atoms with van der Waals surface area (Å²) in [5.74, 6) is 0.0649. The van der Waals surface area contributed by atoms with E-state index in [0.29, 0.717) is 12.5 Å². The summed E-state index contributed by atoms with van der Waals surface area (Å²) in [5.41, 5.74) is 2.02. The summed E-state index contributed by atoms with van der Waals surface area (Å²) in [6.45, 7) is 2.79. The zero-order chi connectivity index (χ0) is 13.7. The predicted molar refractivity (Wildman–Crippen MR) is 82.4 cm³/mol. The highest BCUT2D eigenvalue weighted by atomic mass is 79.9. The molecule has 1 aliphatic rings. The average molecular weight is 325 g/mol. The van der Waals surface area contributed by atoms with E-state index in [2.05, 4.69) is 26.6 Å². The molecule has 4 heteroatoms. The van der Waals surface area contributed by atoms with E-state index < -0.39 is 0 Å². The standard InChI is InChI=1S/C15H21BrN2O/c1-11-6-7-14(13(16)10-11)18-15(19)8-9-17-12-4-2-3-5-12/h6-7,10,12,17H,2-5,8-9H2,1H3,(H,18,19). The lowest BCUT2D eigenvalue weighted by molar-refractivity contribution is -0.116. The van der Waals surface area contributed by atoms with Gasteiger partial charge in [-0.05, 0) is 53.4 Å². The van der Waals surface area contributed by atoms with Crippen molar-refractivity contribution in [3.63, 3.8) is 0 Å². The van der Waals surface area contributed by atoms with Crippen molar-refractivity contribution in [2.75, 3.05) is 11.9 Å². The number of aryl methyl sites for hydroxylation is 1. The molecule has 2 N–H and O–H groups in total. The van der Waals surface area contributed by atoms with Crippen LogP contribution in [0.1, 0.15) is 37.7 Å². The smallest absolute Gasteiger partial charge is 0.225 e. The Balaban J connectivity index is 1.74. The van der Waals surface area contributed by atoms with Gasteiger partial charge in [-0.2, -0.15) is 0 Å². The number of amides is 1. The predicted octanol–water partition coefficient (Wildman–Crippen LogP) is 3.62.